The largest absolute Gasteiger partial charge is 0.379 e. The Labute approximate surface area is 224 Å². The number of hydrogen-bond acceptors (Lipinski definition) is 8. The summed E-state index contributed by atoms with van der Waals surface area (Å²) in [6.07, 6.45) is 3.66. The lowest BCUT2D eigenvalue weighted by atomic mass is 10.00. The Morgan fingerprint density at radius 3 is 2.76 bits per heavy atom. The van der Waals surface area contributed by atoms with E-state index in [-0.39, 0.29) is 6.04 Å². The molecule has 2 aliphatic heterocycles. The van der Waals surface area contributed by atoms with Crippen LogP contribution < -0.4 is 15.5 Å². The molecule has 1 atom stereocenters. The summed E-state index contributed by atoms with van der Waals surface area (Å²) >= 11 is 5.92. The monoisotopic (exact) mass is 520 g/mol. The van der Waals surface area contributed by atoms with Crippen LogP contribution in [0.15, 0.2) is 48.8 Å². The van der Waals surface area contributed by atoms with E-state index in [1.807, 2.05) is 36.7 Å². The molecule has 10 heteroatoms. The number of anilines is 3. The second kappa shape index (κ2) is 12.0. The molecule has 9 nitrogen and oxygen atoms in total. The molecule has 1 unspecified atom stereocenters. The Kier molecular flexibility index (Phi) is 8.28. The molecule has 5 rings (SSSR count). The molecule has 3 aromatic rings. The second-order valence-electron chi connectivity index (χ2n) is 9.88. The van der Waals surface area contributed by atoms with E-state index in [0.29, 0.717) is 11.9 Å². The van der Waals surface area contributed by atoms with Gasteiger partial charge in [-0.1, -0.05) is 19.9 Å². The van der Waals surface area contributed by atoms with Crippen molar-refractivity contribution in [1.29, 1.82) is 0 Å². The number of ether oxygens (including phenoxy) is 1. The molecule has 0 spiro atoms. The summed E-state index contributed by atoms with van der Waals surface area (Å²) in [5.74, 6) is 2.05. The molecule has 196 valence electrons. The van der Waals surface area contributed by atoms with Gasteiger partial charge in [-0.3, -0.25) is 9.88 Å². The number of hydrogen-bond donors (Lipinski definition) is 2. The molecule has 2 aromatic heterocycles. The Morgan fingerprint density at radius 1 is 1.05 bits per heavy atom. The lowest BCUT2D eigenvalue weighted by molar-refractivity contribution is 0.0398. The highest BCUT2D eigenvalue weighted by atomic mass is 32.1. The molecular weight excluding hydrogens is 484 g/mol. The highest BCUT2D eigenvalue weighted by Crippen LogP contribution is 2.25. The molecule has 0 aliphatic carbocycles. The van der Waals surface area contributed by atoms with Gasteiger partial charge in [-0.05, 0) is 48.5 Å². The molecule has 0 radical (unpaired) electrons. The molecule has 4 heterocycles. The van der Waals surface area contributed by atoms with Crippen molar-refractivity contribution < 1.29 is 4.74 Å². The van der Waals surface area contributed by atoms with Gasteiger partial charge >= 0.3 is 0 Å². The highest BCUT2D eigenvalue weighted by Gasteiger charge is 2.31. The van der Waals surface area contributed by atoms with Crippen LogP contribution in [0.1, 0.15) is 13.8 Å². The van der Waals surface area contributed by atoms with Gasteiger partial charge in [0.2, 0.25) is 5.95 Å². The van der Waals surface area contributed by atoms with Crippen LogP contribution in [0.4, 0.5) is 17.5 Å². The van der Waals surface area contributed by atoms with E-state index in [4.69, 9.17) is 21.9 Å². The van der Waals surface area contributed by atoms with Crippen molar-refractivity contribution in [2.75, 3.05) is 74.6 Å². The molecular formula is C27H36N8OS. The number of nitrogens with zero attached hydrogens (tertiary/aromatic N) is 6. The Morgan fingerprint density at radius 2 is 1.92 bits per heavy atom. The van der Waals surface area contributed by atoms with Crippen molar-refractivity contribution in [3.8, 4) is 0 Å². The van der Waals surface area contributed by atoms with Gasteiger partial charge in [0.15, 0.2) is 5.11 Å². The number of thiocarbonyl (C=S) groups is 1. The minimum Gasteiger partial charge on any atom is -0.379 e. The predicted molar refractivity (Wildman–Crippen MR) is 153 cm³/mol. The number of benzene rings is 1. The van der Waals surface area contributed by atoms with Crippen molar-refractivity contribution in [3.05, 3.63) is 48.8 Å². The van der Waals surface area contributed by atoms with E-state index in [9.17, 15) is 0 Å². The zero-order valence-corrected chi connectivity index (χ0v) is 22.5. The highest BCUT2D eigenvalue weighted by molar-refractivity contribution is 7.80. The average Bonchev–Trinajstić information content (AvgIpc) is 2.93. The molecule has 1 aromatic carbocycles. The first-order valence-electron chi connectivity index (χ1n) is 13.1. The summed E-state index contributed by atoms with van der Waals surface area (Å²) in [6, 6.07) is 12.4. The summed E-state index contributed by atoms with van der Waals surface area (Å²) in [6.45, 7) is 12.4. The Hall–Kier alpha value is -3.08. The molecule has 2 saturated heterocycles. The van der Waals surface area contributed by atoms with E-state index >= 15 is 0 Å². The number of fused-ring (bicyclic) bond motifs is 1. The normalized spacial score (nSPS) is 18.8. The molecule has 2 fully saturated rings. The quantitative estimate of drug-likeness (QED) is 0.453. The molecule has 2 aliphatic rings. The lowest BCUT2D eigenvalue weighted by Crippen LogP contribution is -2.58. The minimum absolute atomic E-state index is 0.259. The van der Waals surface area contributed by atoms with Crippen molar-refractivity contribution in [2.45, 2.75) is 19.9 Å². The number of rotatable bonds is 7. The van der Waals surface area contributed by atoms with Crippen LogP contribution in [0.3, 0.4) is 0 Å². The first-order valence-corrected chi connectivity index (χ1v) is 13.5. The fourth-order valence-corrected chi connectivity index (χ4v) is 5.34. The smallest absolute Gasteiger partial charge is 0.224 e. The average molecular weight is 521 g/mol. The number of piperazine rings is 1. The summed E-state index contributed by atoms with van der Waals surface area (Å²) < 4.78 is 5.43. The van der Waals surface area contributed by atoms with Crippen molar-refractivity contribution in [2.24, 2.45) is 5.92 Å². The third kappa shape index (κ3) is 6.26. The molecule has 37 heavy (non-hydrogen) atoms. The third-order valence-electron chi connectivity index (χ3n) is 7.12. The van der Waals surface area contributed by atoms with Crippen molar-refractivity contribution >= 4 is 45.7 Å². The van der Waals surface area contributed by atoms with Gasteiger partial charge in [0.05, 0.1) is 24.8 Å². The topological polar surface area (TPSA) is 81.7 Å². The van der Waals surface area contributed by atoms with Gasteiger partial charge in [-0.2, -0.15) is 4.98 Å². The molecule has 0 saturated carbocycles. The van der Waals surface area contributed by atoms with Crippen LogP contribution in [0, 0.1) is 5.92 Å². The van der Waals surface area contributed by atoms with Gasteiger partial charge in [0.25, 0.3) is 0 Å². The van der Waals surface area contributed by atoms with Crippen molar-refractivity contribution in [1.82, 2.24) is 24.8 Å². The summed E-state index contributed by atoms with van der Waals surface area (Å²) in [5, 5.41) is 8.73. The fourth-order valence-electron chi connectivity index (χ4n) is 5.00. The van der Waals surface area contributed by atoms with E-state index in [1.165, 1.54) is 0 Å². The summed E-state index contributed by atoms with van der Waals surface area (Å²) in [7, 11) is 0. The van der Waals surface area contributed by atoms with Crippen molar-refractivity contribution in [3.63, 3.8) is 0 Å². The first-order chi connectivity index (χ1) is 18.1. The Bertz CT molecular complexity index is 1200. The van der Waals surface area contributed by atoms with Crippen LogP contribution in [0.2, 0.25) is 0 Å². The zero-order valence-electron chi connectivity index (χ0n) is 21.6. The fraction of sp³-hybridized carbons (Fsp3) is 0.481. The first kappa shape index (κ1) is 25.6. The van der Waals surface area contributed by atoms with E-state index < -0.39 is 0 Å². The number of nitrogens with one attached hydrogen (secondary N) is 2. The molecule has 0 amide bonds. The van der Waals surface area contributed by atoms with Crippen LogP contribution >= 0.6 is 12.2 Å². The number of pyridine rings is 1. The lowest BCUT2D eigenvalue weighted by Gasteiger charge is -2.45. The van der Waals surface area contributed by atoms with Gasteiger partial charge in [0, 0.05) is 69.3 Å². The van der Waals surface area contributed by atoms with E-state index in [2.05, 4.69) is 61.3 Å². The number of aromatic nitrogens is 3. The third-order valence-corrected chi connectivity index (χ3v) is 7.45. The Balaban J connectivity index is 1.22. The van der Waals surface area contributed by atoms with Crippen LogP contribution in [0.25, 0.3) is 10.9 Å². The second-order valence-corrected chi connectivity index (χ2v) is 10.3. The van der Waals surface area contributed by atoms with Gasteiger partial charge in [-0.15, -0.1) is 0 Å². The predicted octanol–water partition coefficient (Wildman–Crippen LogP) is 3.31. The molecule has 2 N–H and O–H groups in total. The van der Waals surface area contributed by atoms with E-state index in [0.717, 1.165) is 86.5 Å². The maximum absolute atomic E-state index is 5.92. The summed E-state index contributed by atoms with van der Waals surface area (Å²) in [5.41, 5.74) is 1.95. The van der Waals surface area contributed by atoms with Crippen LogP contribution in [0.5, 0.6) is 0 Å². The number of morpholine rings is 1. The van der Waals surface area contributed by atoms with Gasteiger partial charge < -0.3 is 25.2 Å². The summed E-state index contributed by atoms with van der Waals surface area (Å²) in [4.78, 5) is 20.8. The SMILES string of the molecule is CC(C)C1CN(c2ccnc(NCCN3CCOCC3)n2)CCN1C(=S)Nc1cccc2ncccc12. The van der Waals surface area contributed by atoms with Crippen LogP contribution in [-0.4, -0.2) is 94.9 Å². The maximum atomic E-state index is 5.92. The standard InChI is InChI=1S/C27H36N8OS/c1-20(2)24-19-34(25-8-10-29-26(32-25)30-11-12-33-15-17-36-18-16-33)13-14-35(24)27(37)31-23-7-3-6-22-21(23)5-4-9-28-22/h3-10,20,24H,11-19H2,1-2H3,(H,31,37)(H,29,30,32). The van der Waals surface area contributed by atoms with Gasteiger partial charge in [-0.25, -0.2) is 4.98 Å². The molecule has 0 bridgehead atoms. The maximum Gasteiger partial charge on any atom is 0.224 e. The zero-order chi connectivity index (χ0) is 25.6. The van der Waals surface area contributed by atoms with E-state index in [1.54, 1.807) is 0 Å². The minimum atomic E-state index is 0.259. The van der Waals surface area contributed by atoms with Crippen LogP contribution in [-0.2, 0) is 4.74 Å². The van der Waals surface area contributed by atoms with Gasteiger partial charge in [0.1, 0.15) is 5.82 Å².